The van der Waals surface area contributed by atoms with Crippen LogP contribution in [0.3, 0.4) is 0 Å². The van der Waals surface area contributed by atoms with Gasteiger partial charge in [0.25, 0.3) is 0 Å². The normalized spacial score (nSPS) is 12.4. The summed E-state index contributed by atoms with van der Waals surface area (Å²) >= 11 is 0. The molecule has 96 valence electrons. The van der Waals surface area contributed by atoms with Gasteiger partial charge in [0.1, 0.15) is 11.9 Å². The molecule has 2 N–H and O–H groups in total. The third kappa shape index (κ3) is 5.17. The first-order valence-electron chi connectivity index (χ1n) is 5.88. The predicted octanol–water partition coefficient (Wildman–Crippen LogP) is 1.35. The van der Waals surface area contributed by atoms with Gasteiger partial charge in [-0.1, -0.05) is 19.1 Å². The fourth-order valence-corrected chi connectivity index (χ4v) is 1.46. The molecule has 0 aliphatic rings. The van der Waals surface area contributed by atoms with E-state index in [-0.39, 0.29) is 0 Å². The number of rotatable bonds is 8. The molecule has 0 aromatic heterocycles. The molecule has 0 radical (unpaired) electrons. The molecule has 0 amide bonds. The number of ether oxygens (including phenoxy) is 2. The van der Waals surface area contributed by atoms with Crippen molar-refractivity contribution in [2.45, 2.75) is 13.0 Å². The topological polar surface area (TPSA) is 50.7 Å². The van der Waals surface area contributed by atoms with Gasteiger partial charge >= 0.3 is 0 Å². The minimum atomic E-state index is -0.605. The minimum absolute atomic E-state index is 0.304. The van der Waals surface area contributed by atoms with E-state index in [2.05, 4.69) is 5.32 Å². The highest BCUT2D eigenvalue weighted by Gasteiger charge is 2.08. The Morgan fingerprint density at radius 2 is 2.24 bits per heavy atom. The van der Waals surface area contributed by atoms with Gasteiger partial charge < -0.3 is 19.9 Å². The van der Waals surface area contributed by atoms with E-state index in [1.165, 1.54) is 0 Å². The van der Waals surface area contributed by atoms with Gasteiger partial charge in [-0.3, -0.25) is 0 Å². The van der Waals surface area contributed by atoms with Gasteiger partial charge in [-0.2, -0.15) is 0 Å². The molecular weight excluding hydrogens is 218 g/mol. The van der Waals surface area contributed by atoms with Crippen LogP contribution in [0.5, 0.6) is 5.75 Å². The van der Waals surface area contributed by atoms with Crippen LogP contribution in [-0.4, -0.2) is 38.5 Å². The van der Waals surface area contributed by atoms with Gasteiger partial charge in [0, 0.05) is 6.54 Å². The van der Waals surface area contributed by atoms with Gasteiger partial charge in [-0.15, -0.1) is 0 Å². The Kier molecular flexibility index (Phi) is 6.62. The minimum Gasteiger partial charge on any atom is -0.497 e. The third-order valence-electron chi connectivity index (χ3n) is 2.43. The van der Waals surface area contributed by atoms with Crippen molar-refractivity contribution in [1.29, 1.82) is 0 Å². The Morgan fingerprint density at radius 3 is 2.94 bits per heavy atom. The van der Waals surface area contributed by atoms with Crippen LogP contribution in [0.15, 0.2) is 24.3 Å². The summed E-state index contributed by atoms with van der Waals surface area (Å²) < 4.78 is 10.5. The van der Waals surface area contributed by atoms with Crippen LogP contribution in [0.2, 0.25) is 0 Å². The van der Waals surface area contributed by atoms with Gasteiger partial charge in [-0.25, -0.2) is 0 Å². The summed E-state index contributed by atoms with van der Waals surface area (Å²) in [5, 5.41) is 13.0. The van der Waals surface area contributed by atoms with Gasteiger partial charge in [0.05, 0.1) is 20.3 Å². The maximum absolute atomic E-state index is 9.90. The number of aliphatic hydroxyl groups excluding tert-OH is 1. The fourth-order valence-electron chi connectivity index (χ4n) is 1.46. The first-order valence-corrected chi connectivity index (χ1v) is 5.88. The Labute approximate surface area is 103 Å². The summed E-state index contributed by atoms with van der Waals surface area (Å²) in [6, 6.07) is 7.39. The van der Waals surface area contributed by atoms with Crippen molar-refractivity contribution in [1.82, 2.24) is 5.32 Å². The average Bonchev–Trinajstić information content (AvgIpc) is 2.38. The first kappa shape index (κ1) is 14.0. The van der Waals surface area contributed by atoms with Gasteiger partial charge in [0.15, 0.2) is 0 Å². The highest BCUT2D eigenvalue weighted by atomic mass is 16.5. The molecule has 1 aromatic carbocycles. The van der Waals surface area contributed by atoms with Crippen LogP contribution in [0.25, 0.3) is 0 Å². The monoisotopic (exact) mass is 239 g/mol. The van der Waals surface area contributed by atoms with E-state index in [0.717, 1.165) is 24.4 Å². The number of hydrogen-bond donors (Lipinski definition) is 2. The smallest absolute Gasteiger partial charge is 0.119 e. The third-order valence-corrected chi connectivity index (χ3v) is 2.43. The Balaban J connectivity index is 2.33. The second-order valence-corrected chi connectivity index (χ2v) is 3.72. The second kappa shape index (κ2) is 8.06. The molecule has 0 spiro atoms. The second-order valence-electron chi connectivity index (χ2n) is 3.72. The van der Waals surface area contributed by atoms with Crippen LogP contribution in [0, 0.1) is 0 Å². The van der Waals surface area contributed by atoms with Crippen LogP contribution >= 0.6 is 0 Å². The van der Waals surface area contributed by atoms with E-state index in [0.29, 0.717) is 13.2 Å². The summed E-state index contributed by atoms with van der Waals surface area (Å²) in [6.45, 7) is 4.70. The molecule has 0 aliphatic carbocycles. The van der Waals surface area contributed by atoms with Crippen molar-refractivity contribution in [2.24, 2.45) is 0 Å². The lowest BCUT2D eigenvalue weighted by atomic mass is 10.1. The first-order chi connectivity index (χ1) is 8.27. The molecule has 0 saturated carbocycles. The molecule has 0 aliphatic heterocycles. The summed E-state index contributed by atoms with van der Waals surface area (Å²) in [5.41, 5.74) is 0.813. The molecule has 1 atom stereocenters. The number of nitrogens with one attached hydrogen (secondary N) is 1. The van der Waals surface area contributed by atoms with E-state index in [1.54, 1.807) is 7.11 Å². The zero-order chi connectivity index (χ0) is 12.5. The molecule has 4 heteroatoms. The number of benzene rings is 1. The number of hydrogen-bond acceptors (Lipinski definition) is 4. The Morgan fingerprint density at radius 1 is 1.41 bits per heavy atom. The molecule has 1 rings (SSSR count). The molecule has 0 heterocycles. The zero-order valence-corrected chi connectivity index (χ0v) is 10.5. The van der Waals surface area contributed by atoms with Crippen molar-refractivity contribution in [3.8, 4) is 5.75 Å². The molecule has 0 saturated heterocycles. The quantitative estimate of drug-likeness (QED) is 0.672. The lowest BCUT2D eigenvalue weighted by Crippen LogP contribution is -2.20. The molecule has 0 fully saturated rings. The maximum atomic E-state index is 9.90. The van der Waals surface area contributed by atoms with E-state index >= 15 is 0 Å². The highest BCUT2D eigenvalue weighted by Crippen LogP contribution is 2.19. The molecule has 4 nitrogen and oxygen atoms in total. The van der Waals surface area contributed by atoms with E-state index < -0.39 is 6.10 Å². The molecular formula is C13H21NO3. The highest BCUT2D eigenvalue weighted by molar-refractivity contribution is 5.29. The molecule has 1 unspecified atom stereocenters. The summed E-state index contributed by atoms with van der Waals surface area (Å²) in [6.07, 6.45) is -0.605. The average molecular weight is 239 g/mol. The lowest BCUT2D eigenvalue weighted by Gasteiger charge is -2.12. The van der Waals surface area contributed by atoms with Crippen molar-refractivity contribution in [2.75, 3.05) is 33.4 Å². The number of aliphatic hydroxyl groups is 1. The Bertz CT molecular complexity index is 317. The molecule has 1 aromatic rings. The maximum Gasteiger partial charge on any atom is 0.119 e. The van der Waals surface area contributed by atoms with Crippen molar-refractivity contribution in [3.05, 3.63) is 29.8 Å². The van der Waals surface area contributed by atoms with Crippen molar-refractivity contribution in [3.63, 3.8) is 0 Å². The summed E-state index contributed by atoms with van der Waals surface area (Å²) in [5.74, 6) is 0.745. The fraction of sp³-hybridized carbons (Fsp3) is 0.538. The van der Waals surface area contributed by atoms with Crippen LogP contribution in [0.1, 0.15) is 18.6 Å². The Hall–Kier alpha value is -1.10. The SMILES string of the molecule is CCNCCOCC(O)c1cccc(OC)c1. The number of methoxy groups -OCH3 is 1. The predicted molar refractivity (Wildman–Crippen MR) is 67.3 cm³/mol. The largest absolute Gasteiger partial charge is 0.497 e. The van der Waals surface area contributed by atoms with Gasteiger partial charge in [0.2, 0.25) is 0 Å². The standard InChI is InChI=1S/C13H21NO3/c1-3-14-7-8-17-10-13(15)11-5-4-6-12(9-11)16-2/h4-6,9,13-15H,3,7-8,10H2,1-2H3. The summed E-state index contributed by atoms with van der Waals surface area (Å²) in [7, 11) is 1.61. The van der Waals surface area contributed by atoms with Crippen LogP contribution < -0.4 is 10.1 Å². The van der Waals surface area contributed by atoms with E-state index in [9.17, 15) is 5.11 Å². The van der Waals surface area contributed by atoms with Crippen molar-refractivity contribution >= 4 is 0 Å². The number of likely N-dealkylation sites (N-methyl/N-ethyl adjacent to an activating group) is 1. The summed E-state index contributed by atoms with van der Waals surface area (Å²) in [4.78, 5) is 0. The van der Waals surface area contributed by atoms with Crippen LogP contribution in [-0.2, 0) is 4.74 Å². The van der Waals surface area contributed by atoms with Crippen molar-refractivity contribution < 1.29 is 14.6 Å². The molecule has 0 bridgehead atoms. The van der Waals surface area contributed by atoms with Gasteiger partial charge in [-0.05, 0) is 24.2 Å². The molecule has 17 heavy (non-hydrogen) atoms. The zero-order valence-electron chi connectivity index (χ0n) is 10.5. The lowest BCUT2D eigenvalue weighted by molar-refractivity contribution is 0.0374. The van der Waals surface area contributed by atoms with E-state index in [1.807, 2.05) is 31.2 Å². The van der Waals surface area contributed by atoms with E-state index in [4.69, 9.17) is 9.47 Å². The van der Waals surface area contributed by atoms with Crippen LogP contribution in [0.4, 0.5) is 0 Å².